The van der Waals surface area contributed by atoms with Crippen LogP contribution in [0.25, 0.3) is 0 Å². The summed E-state index contributed by atoms with van der Waals surface area (Å²) in [6.45, 7) is 8.22. The van der Waals surface area contributed by atoms with E-state index in [0.29, 0.717) is 0 Å². The van der Waals surface area contributed by atoms with Crippen LogP contribution < -0.4 is 5.32 Å². The van der Waals surface area contributed by atoms with Gasteiger partial charge in [-0.25, -0.2) is 0 Å². The Hall–Kier alpha value is -1.16. The largest absolute Gasteiger partial charge is 0.374 e. The van der Waals surface area contributed by atoms with Crippen molar-refractivity contribution in [3.63, 3.8) is 0 Å². The Morgan fingerprint density at radius 3 is 0.980 bits per heavy atom. The lowest BCUT2D eigenvalue weighted by Crippen LogP contribution is -2.30. The first-order valence-electron chi connectivity index (χ1n) is 21.9. The molecule has 1 rings (SSSR count). The highest BCUT2D eigenvalue weighted by atomic mass is 16.5. The third kappa shape index (κ3) is 33.7. The normalized spacial score (nSPS) is 16.9. The number of hydrogen-bond acceptors (Lipinski definition) is 3. The van der Waals surface area contributed by atoms with E-state index in [1.165, 1.54) is 180 Å². The highest BCUT2D eigenvalue weighted by molar-refractivity contribution is 4.93. The third-order valence-corrected chi connectivity index (χ3v) is 9.96. The standard InChI is InChI=1S/C46H85NO2/c1-3-5-7-9-11-13-15-17-19-21-23-25-27-29-31-33-35-37-39-41-48-45-43-47-44-46(45)49-42-40-38-36-34-32-30-28-26-24-22-20-18-16-14-12-10-8-6-4-2/h13-16,19-22,45-47H,3-12,17-18,23-44H2,1-2H3/b15-13-,16-14-,21-19-,22-20-/t45-,46-/m1/s1. The van der Waals surface area contributed by atoms with E-state index in [1.807, 2.05) is 0 Å². The predicted molar refractivity (Wildman–Crippen MR) is 219 cm³/mol. The zero-order chi connectivity index (χ0) is 35.0. The molecule has 0 spiro atoms. The van der Waals surface area contributed by atoms with Gasteiger partial charge in [-0.05, 0) is 77.0 Å². The highest BCUT2D eigenvalue weighted by Gasteiger charge is 2.28. The van der Waals surface area contributed by atoms with Gasteiger partial charge in [0.1, 0.15) is 0 Å². The molecule has 1 N–H and O–H groups in total. The minimum atomic E-state index is 0.243. The molecule has 1 aliphatic rings. The van der Waals surface area contributed by atoms with E-state index in [-0.39, 0.29) is 12.2 Å². The smallest absolute Gasteiger partial charge is 0.0973 e. The summed E-state index contributed by atoms with van der Waals surface area (Å²) >= 11 is 0. The minimum Gasteiger partial charge on any atom is -0.374 e. The van der Waals surface area contributed by atoms with Crippen molar-refractivity contribution in [2.24, 2.45) is 0 Å². The van der Waals surface area contributed by atoms with Crippen molar-refractivity contribution >= 4 is 0 Å². The second-order valence-electron chi connectivity index (χ2n) is 14.8. The Morgan fingerprint density at radius 1 is 0.367 bits per heavy atom. The number of rotatable bonds is 38. The summed E-state index contributed by atoms with van der Waals surface area (Å²) in [6, 6.07) is 0. The van der Waals surface area contributed by atoms with Gasteiger partial charge in [-0.3, -0.25) is 0 Å². The molecule has 1 heterocycles. The molecule has 1 aliphatic heterocycles. The van der Waals surface area contributed by atoms with Gasteiger partial charge >= 0.3 is 0 Å². The van der Waals surface area contributed by atoms with Gasteiger partial charge in [0.2, 0.25) is 0 Å². The fourth-order valence-corrected chi connectivity index (χ4v) is 6.67. The summed E-state index contributed by atoms with van der Waals surface area (Å²) in [4.78, 5) is 0. The van der Waals surface area contributed by atoms with E-state index in [1.54, 1.807) is 0 Å². The van der Waals surface area contributed by atoms with Crippen molar-refractivity contribution in [3.05, 3.63) is 48.6 Å². The van der Waals surface area contributed by atoms with E-state index in [0.717, 1.165) is 39.1 Å². The maximum atomic E-state index is 6.24. The molecule has 49 heavy (non-hydrogen) atoms. The average Bonchev–Trinajstić information content (AvgIpc) is 3.57. The molecule has 0 aromatic carbocycles. The number of ether oxygens (including phenoxy) is 2. The SMILES string of the molecule is CCCCCC/C=C\C/C=C\CCCCCCCCCCO[C@@H]1CNC[C@H]1OCCCCCCCCCC/C=C\C/C=C\CCCCCC. The van der Waals surface area contributed by atoms with E-state index in [9.17, 15) is 0 Å². The molecule has 1 fully saturated rings. The molecule has 2 atom stereocenters. The van der Waals surface area contributed by atoms with Gasteiger partial charge in [-0.1, -0.05) is 178 Å². The first kappa shape index (κ1) is 45.9. The Balaban J connectivity index is 1.81. The van der Waals surface area contributed by atoms with Gasteiger partial charge < -0.3 is 14.8 Å². The van der Waals surface area contributed by atoms with Crippen molar-refractivity contribution in [2.45, 2.75) is 219 Å². The second kappa shape index (κ2) is 39.6. The third-order valence-electron chi connectivity index (χ3n) is 9.96. The van der Waals surface area contributed by atoms with Gasteiger partial charge in [0, 0.05) is 26.3 Å². The fraction of sp³-hybridized carbons (Fsp3) is 0.826. The number of nitrogens with one attached hydrogen (secondary N) is 1. The zero-order valence-corrected chi connectivity index (χ0v) is 33.1. The topological polar surface area (TPSA) is 30.5 Å². The Kier molecular flexibility index (Phi) is 37.1. The Labute approximate surface area is 307 Å². The molecule has 0 aliphatic carbocycles. The van der Waals surface area contributed by atoms with Crippen LogP contribution in [-0.4, -0.2) is 38.5 Å². The number of allylic oxidation sites excluding steroid dienone is 8. The average molecular weight is 684 g/mol. The maximum Gasteiger partial charge on any atom is 0.0973 e. The molecule has 1 saturated heterocycles. The van der Waals surface area contributed by atoms with Crippen LogP contribution in [0.3, 0.4) is 0 Å². The molecule has 0 unspecified atom stereocenters. The molecular formula is C46H85NO2. The van der Waals surface area contributed by atoms with Crippen molar-refractivity contribution < 1.29 is 9.47 Å². The number of unbranched alkanes of at least 4 members (excludes halogenated alkanes) is 24. The van der Waals surface area contributed by atoms with Crippen LogP contribution in [0.15, 0.2) is 48.6 Å². The Morgan fingerprint density at radius 2 is 0.653 bits per heavy atom. The fourth-order valence-electron chi connectivity index (χ4n) is 6.67. The van der Waals surface area contributed by atoms with Crippen LogP contribution in [0, 0.1) is 0 Å². The van der Waals surface area contributed by atoms with Gasteiger partial charge in [0.15, 0.2) is 0 Å². The molecule has 286 valence electrons. The van der Waals surface area contributed by atoms with Gasteiger partial charge in [0.05, 0.1) is 12.2 Å². The molecule has 0 radical (unpaired) electrons. The molecule has 0 saturated carbocycles. The van der Waals surface area contributed by atoms with Gasteiger partial charge in [-0.15, -0.1) is 0 Å². The summed E-state index contributed by atoms with van der Waals surface area (Å²) in [5.74, 6) is 0. The first-order valence-corrected chi connectivity index (χ1v) is 21.9. The second-order valence-corrected chi connectivity index (χ2v) is 14.8. The molecule has 3 nitrogen and oxygen atoms in total. The van der Waals surface area contributed by atoms with Crippen LogP contribution in [0.2, 0.25) is 0 Å². The quantitative estimate of drug-likeness (QED) is 0.0519. The van der Waals surface area contributed by atoms with E-state index < -0.39 is 0 Å². The summed E-state index contributed by atoms with van der Waals surface area (Å²) in [7, 11) is 0. The van der Waals surface area contributed by atoms with Crippen molar-refractivity contribution in [1.29, 1.82) is 0 Å². The summed E-state index contributed by atoms with van der Waals surface area (Å²) in [6.07, 6.45) is 59.0. The molecule has 0 bridgehead atoms. The molecule has 3 heteroatoms. The van der Waals surface area contributed by atoms with Crippen LogP contribution in [-0.2, 0) is 9.47 Å². The van der Waals surface area contributed by atoms with Gasteiger partial charge in [-0.2, -0.15) is 0 Å². The summed E-state index contributed by atoms with van der Waals surface area (Å²) in [5, 5.41) is 3.48. The van der Waals surface area contributed by atoms with Crippen LogP contribution in [0.1, 0.15) is 206 Å². The Bertz CT molecular complexity index is 694. The van der Waals surface area contributed by atoms with Gasteiger partial charge in [0.25, 0.3) is 0 Å². The number of hydrogen-bond donors (Lipinski definition) is 1. The van der Waals surface area contributed by atoms with Crippen molar-refractivity contribution in [3.8, 4) is 0 Å². The molecular weight excluding hydrogens is 599 g/mol. The molecule has 0 amide bonds. The van der Waals surface area contributed by atoms with E-state index in [2.05, 4.69) is 67.8 Å². The molecule has 0 aromatic heterocycles. The van der Waals surface area contributed by atoms with Crippen molar-refractivity contribution in [2.75, 3.05) is 26.3 Å². The maximum absolute atomic E-state index is 6.24. The van der Waals surface area contributed by atoms with Crippen molar-refractivity contribution in [1.82, 2.24) is 5.32 Å². The lowest BCUT2D eigenvalue weighted by Gasteiger charge is -2.20. The van der Waals surface area contributed by atoms with E-state index >= 15 is 0 Å². The zero-order valence-electron chi connectivity index (χ0n) is 33.1. The lowest BCUT2D eigenvalue weighted by molar-refractivity contribution is -0.0481. The monoisotopic (exact) mass is 684 g/mol. The predicted octanol–water partition coefficient (Wildman–Crippen LogP) is 14.3. The summed E-state index contributed by atoms with van der Waals surface area (Å²) < 4.78 is 12.5. The first-order chi connectivity index (χ1) is 24.4. The van der Waals surface area contributed by atoms with Crippen LogP contribution in [0.5, 0.6) is 0 Å². The summed E-state index contributed by atoms with van der Waals surface area (Å²) in [5.41, 5.74) is 0. The minimum absolute atomic E-state index is 0.243. The van der Waals surface area contributed by atoms with Crippen LogP contribution >= 0.6 is 0 Å². The highest BCUT2D eigenvalue weighted by Crippen LogP contribution is 2.15. The van der Waals surface area contributed by atoms with Crippen LogP contribution in [0.4, 0.5) is 0 Å². The molecule has 0 aromatic rings. The lowest BCUT2D eigenvalue weighted by atomic mass is 10.1. The van der Waals surface area contributed by atoms with E-state index in [4.69, 9.17) is 9.47 Å².